The van der Waals surface area contributed by atoms with E-state index >= 15 is 0 Å². The highest BCUT2D eigenvalue weighted by atomic mass is 32.2. The normalized spacial score (nSPS) is 27.0. The summed E-state index contributed by atoms with van der Waals surface area (Å²) in [6.07, 6.45) is 1.79. The molecule has 2 aliphatic rings. The predicted molar refractivity (Wildman–Crippen MR) is 82.4 cm³/mol. The van der Waals surface area contributed by atoms with Crippen molar-refractivity contribution in [1.29, 1.82) is 0 Å². The first kappa shape index (κ1) is 17.1. The van der Waals surface area contributed by atoms with E-state index in [-0.39, 0.29) is 6.10 Å². The van der Waals surface area contributed by atoms with Crippen LogP contribution in [0.4, 0.5) is 0 Å². The second-order valence-corrected chi connectivity index (χ2v) is 7.76. The Morgan fingerprint density at radius 2 is 1.90 bits per heavy atom. The van der Waals surface area contributed by atoms with Crippen molar-refractivity contribution in [3.8, 4) is 0 Å². The van der Waals surface area contributed by atoms with E-state index < -0.39 is 10.2 Å². The van der Waals surface area contributed by atoms with Gasteiger partial charge in [0.05, 0.1) is 12.7 Å². The van der Waals surface area contributed by atoms with Crippen molar-refractivity contribution >= 4 is 10.2 Å². The molecule has 0 amide bonds. The number of morpholine rings is 1. The molecule has 0 radical (unpaired) electrons. The average Bonchev–Trinajstić information content (AvgIpc) is 2.46. The molecule has 0 aromatic carbocycles. The van der Waals surface area contributed by atoms with Crippen LogP contribution in [-0.4, -0.2) is 83.7 Å². The molecule has 1 unspecified atom stereocenters. The summed E-state index contributed by atoms with van der Waals surface area (Å²) in [5, 5.41) is 3.16. The van der Waals surface area contributed by atoms with E-state index in [1.165, 1.54) is 0 Å². The Bertz CT molecular complexity index is 410. The van der Waals surface area contributed by atoms with Gasteiger partial charge in [0.2, 0.25) is 0 Å². The molecule has 2 saturated heterocycles. The molecule has 2 heterocycles. The number of hydrogen-bond donors (Lipinski definition) is 2. The summed E-state index contributed by atoms with van der Waals surface area (Å²) in [5.41, 5.74) is 0. The molecular formula is C13H28N4O3S. The second-order valence-electron chi connectivity index (χ2n) is 6.01. The smallest absolute Gasteiger partial charge is 0.279 e. The van der Waals surface area contributed by atoms with Crippen LogP contribution >= 0.6 is 0 Å². The summed E-state index contributed by atoms with van der Waals surface area (Å²) < 4.78 is 34.5. The Kier molecular flexibility index (Phi) is 6.39. The van der Waals surface area contributed by atoms with E-state index in [1.54, 1.807) is 4.31 Å². The van der Waals surface area contributed by atoms with E-state index in [0.29, 0.717) is 32.2 Å². The van der Waals surface area contributed by atoms with Crippen LogP contribution < -0.4 is 10.0 Å². The Morgan fingerprint density at radius 1 is 1.19 bits per heavy atom. The lowest BCUT2D eigenvalue weighted by molar-refractivity contribution is -0.0158. The van der Waals surface area contributed by atoms with Crippen LogP contribution in [0.1, 0.15) is 12.8 Å². The fourth-order valence-corrected chi connectivity index (χ4v) is 4.19. The van der Waals surface area contributed by atoms with Gasteiger partial charge in [-0.3, -0.25) is 0 Å². The molecule has 124 valence electrons. The number of rotatable bonds is 6. The van der Waals surface area contributed by atoms with Crippen molar-refractivity contribution in [2.24, 2.45) is 5.92 Å². The largest absolute Gasteiger partial charge is 0.374 e. The third-order valence-electron chi connectivity index (χ3n) is 4.24. The molecule has 0 aromatic rings. The third kappa shape index (κ3) is 5.15. The summed E-state index contributed by atoms with van der Waals surface area (Å²) in [7, 11) is 0.587. The van der Waals surface area contributed by atoms with E-state index in [9.17, 15) is 8.42 Å². The van der Waals surface area contributed by atoms with Gasteiger partial charge in [0.1, 0.15) is 0 Å². The minimum absolute atomic E-state index is 0.0552. The molecule has 21 heavy (non-hydrogen) atoms. The lowest BCUT2D eigenvalue weighted by Crippen LogP contribution is -2.50. The summed E-state index contributed by atoms with van der Waals surface area (Å²) in [6.45, 7) is 4.86. The van der Waals surface area contributed by atoms with Gasteiger partial charge in [-0.15, -0.1) is 0 Å². The third-order valence-corrected chi connectivity index (χ3v) is 5.82. The van der Waals surface area contributed by atoms with E-state index in [2.05, 4.69) is 14.9 Å². The van der Waals surface area contributed by atoms with Gasteiger partial charge in [-0.2, -0.15) is 17.4 Å². The maximum Gasteiger partial charge on any atom is 0.279 e. The topological polar surface area (TPSA) is 73.9 Å². The highest BCUT2D eigenvalue weighted by Crippen LogP contribution is 2.18. The first-order valence-corrected chi connectivity index (χ1v) is 9.14. The van der Waals surface area contributed by atoms with Crippen LogP contribution in [0, 0.1) is 5.92 Å². The molecule has 0 bridgehead atoms. The van der Waals surface area contributed by atoms with Gasteiger partial charge in [0.15, 0.2) is 0 Å². The lowest BCUT2D eigenvalue weighted by atomic mass is 9.98. The number of hydrogen-bond acceptors (Lipinski definition) is 5. The zero-order valence-corrected chi connectivity index (χ0v) is 13.9. The monoisotopic (exact) mass is 320 g/mol. The first-order valence-electron chi connectivity index (χ1n) is 7.70. The van der Waals surface area contributed by atoms with Crippen LogP contribution in [0.25, 0.3) is 0 Å². The Balaban J connectivity index is 1.77. The summed E-state index contributed by atoms with van der Waals surface area (Å²) >= 11 is 0. The molecule has 2 fully saturated rings. The Hall–Kier alpha value is -0.250. The van der Waals surface area contributed by atoms with Crippen molar-refractivity contribution in [2.45, 2.75) is 18.9 Å². The number of nitrogens with zero attached hydrogens (tertiary/aromatic N) is 2. The number of piperidine rings is 1. The fourth-order valence-electron chi connectivity index (χ4n) is 2.92. The van der Waals surface area contributed by atoms with Gasteiger partial charge in [-0.25, -0.2) is 0 Å². The van der Waals surface area contributed by atoms with E-state index in [1.807, 2.05) is 14.1 Å². The maximum absolute atomic E-state index is 12.3. The molecule has 0 spiro atoms. The first-order chi connectivity index (χ1) is 10.0. The van der Waals surface area contributed by atoms with Crippen molar-refractivity contribution in [3.05, 3.63) is 0 Å². The minimum atomic E-state index is -3.37. The van der Waals surface area contributed by atoms with Gasteiger partial charge in [-0.05, 0) is 39.4 Å². The van der Waals surface area contributed by atoms with Gasteiger partial charge in [-0.1, -0.05) is 0 Å². The van der Waals surface area contributed by atoms with Crippen LogP contribution in [0.3, 0.4) is 0 Å². The molecule has 0 saturated carbocycles. The zero-order chi connectivity index (χ0) is 15.3. The maximum atomic E-state index is 12.3. The molecule has 8 heteroatoms. The van der Waals surface area contributed by atoms with Crippen molar-refractivity contribution in [1.82, 2.24) is 19.2 Å². The summed E-state index contributed by atoms with van der Waals surface area (Å²) in [5.74, 6) is 0.580. The SMILES string of the molecule is CNCC1CCN(S(=O)(=O)NCC2CN(C)CCO2)CC1. The number of likely N-dealkylation sites (N-methyl/N-ethyl adjacent to an activating group) is 1. The fraction of sp³-hybridized carbons (Fsp3) is 1.00. The number of ether oxygens (including phenoxy) is 1. The minimum Gasteiger partial charge on any atom is -0.374 e. The van der Waals surface area contributed by atoms with Crippen molar-refractivity contribution in [2.75, 3.05) is 60.0 Å². The highest BCUT2D eigenvalue weighted by molar-refractivity contribution is 7.87. The van der Waals surface area contributed by atoms with Crippen molar-refractivity contribution in [3.63, 3.8) is 0 Å². The molecule has 2 rings (SSSR count). The summed E-state index contributed by atoms with van der Waals surface area (Å²) in [4.78, 5) is 2.16. The lowest BCUT2D eigenvalue weighted by Gasteiger charge is -2.33. The molecule has 1 atom stereocenters. The molecular weight excluding hydrogens is 292 g/mol. The Morgan fingerprint density at radius 3 is 2.52 bits per heavy atom. The summed E-state index contributed by atoms with van der Waals surface area (Å²) in [6, 6.07) is 0. The average molecular weight is 320 g/mol. The van der Waals surface area contributed by atoms with E-state index in [4.69, 9.17) is 4.74 Å². The molecule has 7 nitrogen and oxygen atoms in total. The van der Waals surface area contributed by atoms with Crippen molar-refractivity contribution < 1.29 is 13.2 Å². The van der Waals surface area contributed by atoms with Crippen LogP contribution in [0.15, 0.2) is 0 Å². The Labute approximate surface area is 128 Å². The van der Waals surface area contributed by atoms with Gasteiger partial charge < -0.3 is 15.0 Å². The van der Waals surface area contributed by atoms with Crippen LogP contribution in [-0.2, 0) is 14.9 Å². The standard InChI is InChI=1S/C13H28N4O3S/c1-14-9-12-3-5-17(6-4-12)21(18,19)15-10-13-11-16(2)7-8-20-13/h12-15H,3-11H2,1-2H3. The molecule has 2 aliphatic heterocycles. The molecule has 2 N–H and O–H groups in total. The van der Waals surface area contributed by atoms with Crippen LogP contribution in [0.2, 0.25) is 0 Å². The highest BCUT2D eigenvalue weighted by Gasteiger charge is 2.28. The zero-order valence-electron chi connectivity index (χ0n) is 13.0. The number of nitrogens with one attached hydrogen (secondary N) is 2. The predicted octanol–water partition coefficient (Wildman–Crippen LogP) is -0.917. The quantitative estimate of drug-likeness (QED) is 0.662. The van der Waals surface area contributed by atoms with Gasteiger partial charge in [0.25, 0.3) is 10.2 Å². The van der Waals surface area contributed by atoms with Gasteiger partial charge in [0, 0.05) is 32.7 Å². The van der Waals surface area contributed by atoms with Gasteiger partial charge >= 0.3 is 0 Å². The van der Waals surface area contributed by atoms with Crippen LogP contribution in [0.5, 0.6) is 0 Å². The second kappa shape index (κ2) is 7.85. The molecule has 0 aliphatic carbocycles. The molecule has 0 aromatic heterocycles. The van der Waals surface area contributed by atoms with E-state index in [0.717, 1.165) is 32.5 Å².